The molecule has 0 saturated carbocycles. The molecule has 0 saturated heterocycles. The smallest absolute Gasteiger partial charge is 0.00277 e. The normalized spacial score (nSPS) is 12.8. The van der Waals surface area contributed by atoms with Crippen LogP contribution in [0.15, 0.2) is 59.4 Å². The molecule has 0 unspecified atom stereocenters. The fourth-order valence-corrected chi connectivity index (χ4v) is 1.16. The zero-order valence-corrected chi connectivity index (χ0v) is 15.0. The Morgan fingerprint density at radius 2 is 1.40 bits per heavy atom. The van der Waals surface area contributed by atoms with Crippen LogP contribution in [0.1, 0.15) is 55.4 Å². The lowest BCUT2D eigenvalue weighted by Gasteiger charge is -2.03. The summed E-state index contributed by atoms with van der Waals surface area (Å²) in [6.07, 6.45) is 14.3. The molecule has 0 aromatic carbocycles. The fourth-order valence-electron chi connectivity index (χ4n) is 1.16. The van der Waals surface area contributed by atoms with Crippen LogP contribution in [-0.2, 0) is 0 Å². The van der Waals surface area contributed by atoms with E-state index in [2.05, 4.69) is 44.3 Å². The summed E-state index contributed by atoms with van der Waals surface area (Å²) in [5.41, 5.74) is 3.90. The van der Waals surface area contributed by atoms with E-state index in [4.69, 9.17) is 0 Å². The van der Waals surface area contributed by atoms with Crippen LogP contribution in [0.25, 0.3) is 0 Å². The molecule has 0 aliphatic carbocycles. The van der Waals surface area contributed by atoms with Crippen molar-refractivity contribution in [2.75, 3.05) is 7.05 Å². The number of allylic oxidation sites excluding steroid dienone is 9. The number of rotatable bonds is 5. The molecule has 0 aromatic rings. The maximum absolute atomic E-state index is 2.97. The summed E-state index contributed by atoms with van der Waals surface area (Å²) in [6.45, 7) is 16.4. The van der Waals surface area contributed by atoms with Crippen LogP contribution in [0.5, 0.6) is 0 Å². The second-order valence-electron chi connectivity index (χ2n) is 3.69. The SMILES string of the molecule is CC.CC.CC=CC=CC(C)=C(C)C(C)=CC=CNC. The molecule has 0 radical (unpaired) electrons. The van der Waals surface area contributed by atoms with Crippen LogP contribution in [0.3, 0.4) is 0 Å². The average molecular weight is 277 g/mol. The molecule has 0 fully saturated rings. The predicted octanol–water partition coefficient (Wildman–Crippen LogP) is 6.19. The second kappa shape index (κ2) is 19.8. The molecule has 0 aliphatic heterocycles. The molecule has 0 aliphatic rings. The molecule has 0 atom stereocenters. The highest BCUT2D eigenvalue weighted by molar-refractivity contribution is 5.38. The molecule has 1 heteroatoms. The molecule has 116 valence electrons. The van der Waals surface area contributed by atoms with Crippen LogP contribution in [0.4, 0.5) is 0 Å². The largest absolute Gasteiger partial charge is 0.394 e. The van der Waals surface area contributed by atoms with E-state index in [9.17, 15) is 0 Å². The van der Waals surface area contributed by atoms with Crippen molar-refractivity contribution in [1.82, 2.24) is 5.32 Å². The first-order valence-electron chi connectivity index (χ1n) is 7.61. The minimum atomic E-state index is 1.29. The summed E-state index contributed by atoms with van der Waals surface area (Å²) in [7, 11) is 1.90. The third kappa shape index (κ3) is 14.6. The minimum Gasteiger partial charge on any atom is -0.394 e. The van der Waals surface area contributed by atoms with Gasteiger partial charge in [0, 0.05) is 7.05 Å². The molecule has 0 aromatic heterocycles. The van der Waals surface area contributed by atoms with Crippen molar-refractivity contribution in [1.29, 1.82) is 0 Å². The van der Waals surface area contributed by atoms with E-state index in [-0.39, 0.29) is 0 Å². The Morgan fingerprint density at radius 3 is 1.85 bits per heavy atom. The lowest BCUT2D eigenvalue weighted by atomic mass is 10.0. The molecular weight excluding hydrogens is 242 g/mol. The van der Waals surface area contributed by atoms with Gasteiger partial charge >= 0.3 is 0 Å². The van der Waals surface area contributed by atoms with Crippen LogP contribution in [-0.4, -0.2) is 7.05 Å². The first kappa shape index (κ1) is 23.6. The van der Waals surface area contributed by atoms with Crippen molar-refractivity contribution < 1.29 is 0 Å². The van der Waals surface area contributed by atoms with Gasteiger partial charge in [-0.05, 0) is 56.7 Å². The van der Waals surface area contributed by atoms with Crippen LogP contribution < -0.4 is 5.32 Å². The quantitative estimate of drug-likeness (QED) is 0.591. The second-order valence-corrected chi connectivity index (χ2v) is 3.69. The molecule has 0 rings (SSSR count). The summed E-state index contributed by atoms with van der Waals surface area (Å²) in [5, 5.41) is 2.97. The van der Waals surface area contributed by atoms with Gasteiger partial charge in [-0.15, -0.1) is 0 Å². The van der Waals surface area contributed by atoms with E-state index in [1.165, 1.54) is 16.7 Å². The van der Waals surface area contributed by atoms with Gasteiger partial charge in [0.2, 0.25) is 0 Å². The van der Waals surface area contributed by atoms with Gasteiger partial charge in [0.15, 0.2) is 0 Å². The van der Waals surface area contributed by atoms with Crippen molar-refractivity contribution in [3.63, 3.8) is 0 Å². The van der Waals surface area contributed by atoms with E-state index in [0.29, 0.717) is 0 Å². The van der Waals surface area contributed by atoms with Crippen molar-refractivity contribution in [3.8, 4) is 0 Å². The molecule has 1 nitrogen and oxygen atoms in total. The van der Waals surface area contributed by atoms with Gasteiger partial charge in [-0.1, -0.05) is 58.1 Å². The van der Waals surface area contributed by atoms with Gasteiger partial charge in [0.25, 0.3) is 0 Å². The molecule has 0 heterocycles. The van der Waals surface area contributed by atoms with E-state index in [0.717, 1.165) is 0 Å². The zero-order valence-electron chi connectivity index (χ0n) is 15.0. The summed E-state index contributed by atoms with van der Waals surface area (Å²) >= 11 is 0. The Kier molecular flexibility index (Phi) is 23.4. The number of nitrogens with one attached hydrogen (secondary N) is 1. The van der Waals surface area contributed by atoms with Gasteiger partial charge in [0.1, 0.15) is 0 Å². The monoisotopic (exact) mass is 277 g/mol. The summed E-state index contributed by atoms with van der Waals surface area (Å²) < 4.78 is 0. The van der Waals surface area contributed by atoms with Gasteiger partial charge in [-0.3, -0.25) is 0 Å². The first-order chi connectivity index (χ1) is 9.63. The van der Waals surface area contributed by atoms with E-state index in [1.54, 1.807) is 0 Å². The maximum atomic E-state index is 2.97. The Hall–Kier alpha value is -1.50. The predicted molar refractivity (Wildman–Crippen MR) is 97.0 cm³/mol. The van der Waals surface area contributed by atoms with Crippen molar-refractivity contribution in [2.45, 2.75) is 55.4 Å². The van der Waals surface area contributed by atoms with Crippen molar-refractivity contribution in [2.24, 2.45) is 0 Å². The van der Waals surface area contributed by atoms with Gasteiger partial charge in [-0.2, -0.15) is 0 Å². The van der Waals surface area contributed by atoms with E-state index >= 15 is 0 Å². The average Bonchev–Trinajstić information content (AvgIpc) is 2.50. The molecule has 1 N–H and O–H groups in total. The molecule has 20 heavy (non-hydrogen) atoms. The first-order valence-corrected chi connectivity index (χ1v) is 7.61. The molecule has 0 spiro atoms. The van der Waals surface area contributed by atoms with Crippen LogP contribution >= 0.6 is 0 Å². The molecule has 0 bridgehead atoms. The lowest BCUT2D eigenvalue weighted by molar-refractivity contribution is 1.10. The lowest BCUT2D eigenvalue weighted by Crippen LogP contribution is -1.90. The number of hydrogen-bond acceptors (Lipinski definition) is 1. The Morgan fingerprint density at radius 1 is 0.850 bits per heavy atom. The minimum absolute atomic E-state index is 1.29. The maximum Gasteiger partial charge on any atom is 0.00277 e. The zero-order chi connectivity index (χ0) is 16.4. The molecule has 0 amide bonds. The topological polar surface area (TPSA) is 12.0 Å². The molecular formula is C19H35N. The van der Waals surface area contributed by atoms with E-state index < -0.39 is 0 Å². The fraction of sp³-hybridized carbons (Fsp3) is 0.474. The van der Waals surface area contributed by atoms with Crippen LogP contribution in [0.2, 0.25) is 0 Å². The Balaban J connectivity index is -0.000000656. The Labute approximate surface area is 127 Å². The van der Waals surface area contributed by atoms with Crippen molar-refractivity contribution >= 4 is 0 Å². The van der Waals surface area contributed by atoms with Crippen molar-refractivity contribution in [3.05, 3.63) is 59.4 Å². The van der Waals surface area contributed by atoms with Crippen LogP contribution in [0, 0.1) is 0 Å². The third-order valence-corrected chi connectivity index (χ3v) is 2.44. The highest BCUT2D eigenvalue weighted by Crippen LogP contribution is 2.14. The Bertz CT molecular complexity index is 339. The van der Waals surface area contributed by atoms with E-state index in [1.807, 2.05) is 66.1 Å². The highest BCUT2D eigenvalue weighted by Gasteiger charge is 1.94. The highest BCUT2D eigenvalue weighted by atomic mass is 14.8. The summed E-state index contributed by atoms with van der Waals surface area (Å²) in [5.74, 6) is 0. The standard InChI is InChI=1S/C15H23N.2C2H6/c1-6-7-8-10-13(2)15(4)14(3)11-9-12-16-5;2*1-2/h6-12,16H,1-5H3;2*1-2H3. The summed E-state index contributed by atoms with van der Waals surface area (Å²) in [6, 6.07) is 0. The van der Waals surface area contributed by atoms with Gasteiger partial charge in [0.05, 0.1) is 0 Å². The summed E-state index contributed by atoms with van der Waals surface area (Å²) in [4.78, 5) is 0. The number of hydrogen-bond donors (Lipinski definition) is 1. The third-order valence-electron chi connectivity index (χ3n) is 2.44. The van der Waals surface area contributed by atoms with Gasteiger partial charge in [-0.25, -0.2) is 0 Å². The van der Waals surface area contributed by atoms with Gasteiger partial charge < -0.3 is 5.32 Å².